The fourth-order valence-electron chi connectivity index (χ4n) is 3.47. The van der Waals surface area contributed by atoms with Gasteiger partial charge < -0.3 is 19.9 Å². The fourth-order valence-corrected chi connectivity index (χ4v) is 3.47. The first-order valence-electron chi connectivity index (χ1n) is 11.6. The standard InChI is InChI=1S/C28H35N3O4/c1-17-9-11-19(30-25(32)21-13-18(28(5,6)7)10-12-23(21)34-8)14-20(17)22-15-24(35-31-22)26(33)29-16-27(2,3)4/h9-15H,16H2,1-8H3,(H,29,33)(H,30,32). The first-order chi connectivity index (χ1) is 16.3. The maximum absolute atomic E-state index is 13.2. The molecule has 2 amide bonds. The Morgan fingerprint density at radius 1 is 0.971 bits per heavy atom. The maximum Gasteiger partial charge on any atom is 0.289 e. The number of amides is 2. The first kappa shape index (κ1) is 26.0. The molecule has 3 rings (SSSR count). The number of carbonyl (C=O) groups excluding carboxylic acids is 2. The van der Waals surface area contributed by atoms with Crippen LogP contribution < -0.4 is 15.4 Å². The van der Waals surface area contributed by atoms with Gasteiger partial charge in [0.1, 0.15) is 11.4 Å². The largest absolute Gasteiger partial charge is 0.496 e. The Kier molecular flexibility index (Phi) is 7.38. The number of nitrogens with one attached hydrogen (secondary N) is 2. The maximum atomic E-state index is 13.2. The van der Waals surface area contributed by atoms with Gasteiger partial charge in [-0.2, -0.15) is 0 Å². The van der Waals surface area contributed by atoms with Crippen LogP contribution >= 0.6 is 0 Å². The molecule has 0 aliphatic carbocycles. The highest BCUT2D eigenvalue weighted by molar-refractivity contribution is 6.06. The minimum Gasteiger partial charge on any atom is -0.496 e. The molecule has 0 bridgehead atoms. The van der Waals surface area contributed by atoms with Crippen LogP contribution in [-0.2, 0) is 5.41 Å². The number of aryl methyl sites for hydroxylation is 1. The van der Waals surface area contributed by atoms with Gasteiger partial charge >= 0.3 is 0 Å². The van der Waals surface area contributed by atoms with Gasteiger partial charge in [-0.15, -0.1) is 0 Å². The second kappa shape index (κ2) is 9.94. The van der Waals surface area contributed by atoms with Gasteiger partial charge in [0.2, 0.25) is 5.76 Å². The minimum absolute atomic E-state index is 0.0449. The molecular formula is C28H35N3O4. The summed E-state index contributed by atoms with van der Waals surface area (Å²) in [5, 5.41) is 9.91. The SMILES string of the molecule is COc1ccc(C(C)(C)C)cc1C(=O)Nc1ccc(C)c(-c2cc(C(=O)NCC(C)(C)C)on2)c1. The average molecular weight is 478 g/mol. The van der Waals surface area contributed by atoms with Crippen molar-refractivity contribution in [3.8, 4) is 17.0 Å². The smallest absolute Gasteiger partial charge is 0.289 e. The first-order valence-corrected chi connectivity index (χ1v) is 11.6. The molecule has 0 radical (unpaired) electrons. The van der Waals surface area contributed by atoms with E-state index in [2.05, 4.69) is 36.6 Å². The summed E-state index contributed by atoms with van der Waals surface area (Å²) >= 11 is 0. The van der Waals surface area contributed by atoms with Gasteiger partial charge in [0, 0.05) is 23.9 Å². The van der Waals surface area contributed by atoms with Gasteiger partial charge in [-0.3, -0.25) is 9.59 Å². The summed E-state index contributed by atoms with van der Waals surface area (Å²) < 4.78 is 10.7. The quantitative estimate of drug-likeness (QED) is 0.455. The molecule has 7 heteroatoms. The summed E-state index contributed by atoms with van der Waals surface area (Å²) in [5.74, 6) is 0.0591. The van der Waals surface area contributed by atoms with Gasteiger partial charge in [-0.1, -0.05) is 58.8 Å². The minimum atomic E-state index is -0.313. The van der Waals surface area contributed by atoms with Crippen LogP contribution in [0.15, 0.2) is 47.0 Å². The van der Waals surface area contributed by atoms with Crippen molar-refractivity contribution in [2.24, 2.45) is 5.41 Å². The lowest BCUT2D eigenvalue weighted by Crippen LogP contribution is -2.31. The number of nitrogens with zero attached hydrogens (tertiary/aromatic N) is 1. The zero-order chi connectivity index (χ0) is 26.0. The molecule has 0 atom stereocenters. The van der Waals surface area contributed by atoms with Crippen molar-refractivity contribution >= 4 is 17.5 Å². The van der Waals surface area contributed by atoms with Gasteiger partial charge in [0.25, 0.3) is 11.8 Å². The second-order valence-electron chi connectivity index (χ2n) is 11.0. The van der Waals surface area contributed by atoms with E-state index in [1.54, 1.807) is 13.2 Å². The number of rotatable bonds is 6. The molecule has 1 aromatic heterocycles. The molecule has 0 fully saturated rings. The molecule has 1 heterocycles. The molecule has 0 unspecified atom stereocenters. The topological polar surface area (TPSA) is 93.5 Å². The molecule has 0 aliphatic heterocycles. The van der Waals surface area contributed by atoms with Gasteiger partial charge in [-0.05, 0) is 53.1 Å². The Morgan fingerprint density at radius 3 is 2.31 bits per heavy atom. The van der Waals surface area contributed by atoms with E-state index in [0.717, 1.165) is 16.7 Å². The van der Waals surface area contributed by atoms with E-state index < -0.39 is 0 Å². The molecule has 2 N–H and O–H groups in total. The van der Waals surface area contributed by atoms with E-state index in [0.29, 0.717) is 29.2 Å². The number of ether oxygens (including phenoxy) is 1. The molecule has 0 aliphatic rings. The third-order valence-corrected chi connectivity index (χ3v) is 5.59. The van der Waals surface area contributed by atoms with Gasteiger partial charge in [0.05, 0.1) is 12.7 Å². The van der Waals surface area contributed by atoms with Crippen molar-refractivity contribution < 1.29 is 18.8 Å². The number of carbonyl (C=O) groups is 2. The van der Waals surface area contributed by atoms with Crippen molar-refractivity contribution in [1.82, 2.24) is 10.5 Å². The number of aromatic nitrogens is 1. The highest BCUT2D eigenvalue weighted by Crippen LogP contribution is 2.30. The van der Waals surface area contributed by atoms with Gasteiger partial charge in [0.15, 0.2) is 0 Å². The lowest BCUT2D eigenvalue weighted by molar-refractivity contribution is 0.0902. The van der Waals surface area contributed by atoms with Crippen molar-refractivity contribution in [3.05, 3.63) is 64.9 Å². The lowest BCUT2D eigenvalue weighted by Gasteiger charge is -2.21. The van der Waals surface area contributed by atoms with E-state index in [1.807, 2.05) is 64.1 Å². The predicted octanol–water partition coefficient (Wildman–Crippen LogP) is 5.98. The molecule has 2 aromatic carbocycles. The summed E-state index contributed by atoms with van der Waals surface area (Å²) in [6, 6.07) is 12.8. The van der Waals surface area contributed by atoms with E-state index >= 15 is 0 Å². The van der Waals surface area contributed by atoms with E-state index in [9.17, 15) is 9.59 Å². The van der Waals surface area contributed by atoms with Gasteiger partial charge in [-0.25, -0.2) is 0 Å². The highest BCUT2D eigenvalue weighted by Gasteiger charge is 2.21. The van der Waals surface area contributed by atoms with E-state index in [4.69, 9.17) is 9.26 Å². The Labute approximate surface area is 207 Å². The number of hydrogen-bond donors (Lipinski definition) is 2. The second-order valence-corrected chi connectivity index (χ2v) is 11.0. The summed E-state index contributed by atoms with van der Waals surface area (Å²) in [6.07, 6.45) is 0. The fraction of sp³-hybridized carbons (Fsp3) is 0.393. The third-order valence-electron chi connectivity index (χ3n) is 5.59. The lowest BCUT2D eigenvalue weighted by atomic mass is 9.86. The molecule has 0 saturated heterocycles. The van der Waals surface area contributed by atoms with Crippen molar-refractivity contribution in [2.45, 2.75) is 53.9 Å². The summed E-state index contributed by atoms with van der Waals surface area (Å²) in [5.41, 5.74) is 4.16. The van der Waals surface area contributed by atoms with Crippen molar-refractivity contribution in [2.75, 3.05) is 19.0 Å². The number of hydrogen-bond acceptors (Lipinski definition) is 5. The van der Waals surface area contributed by atoms with Crippen LogP contribution in [0.1, 0.15) is 73.6 Å². The normalized spacial score (nSPS) is 11.8. The van der Waals surface area contributed by atoms with Crippen LogP contribution in [0.5, 0.6) is 5.75 Å². The molecule has 7 nitrogen and oxygen atoms in total. The van der Waals surface area contributed by atoms with Crippen molar-refractivity contribution in [3.63, 3.8) is 0 Å². The van der Waals surface area contributed by atoms with E-state index in [1.165, 1.54) is 0 Å². The van der Waals surface area contributed by atoms with Crippen molar-refractivity contribution in [1.29, 1.82) is 0 Å². The Bertz CT molecular complexity index is 1230. The summed E-state index contributed by atoms with van der Waals surface area (Å²) in [6.45, 7) is 14.9. The van der Waals surface area contributed by atoms with Crippen LogP contribution in [0.2, 0.25) is 0 Å². The number of methoxy groups -OCH3 is 1. The zero-order valence-electron chi connectivity index (χ0n) is 21.8. The monoisotopic (exact) mass is 477 g/mol. The zero-order valence-corrected chi connectivity index (χ0v) is 21.8. The molecular weight excluding hydrogens is 442 g/mol. The number of anilines is 1. The Balaban J connectivity index is 1.84. The van der Waals surface area contributed by atoms with Crippen LogP contribution in [0.3, 0.4) is 0 Å². The number of benzene rings is 2. The Morgan fingerprint density at radius 2 is 1.69 bits per heavy atom. The summed E-state index contributed by atoms with van der Waals surface area (Å²) in [4.78, 5) is 25.6. The molecule has 186 valence electrons. The molecule has 0 spiro atoms. The van der Waals surface area contributed by atoms with Crippen LogP contribution in [0.4, 0.5) is 5.69 Å². The molecule has 35 heavy (non-hydrogen) atoms. The molecule has 0 saturated carbocycles. The Hall–Kier alpha value is -3.61. The third kappa shape index (κ3) is 6.50. The average Bonchev–Trinajstić information content (AvgIpc) is 3.27. The van der Waals surface area contributed by atoms with Crippen LogP contribution in [0.25, 0.3) is 11.3 Å². The summed E-state index contributed by atoms with van der Waals surface area (Å²) in [7, 11) is 1.55. The van der Waals surface area contributed by atoms with Crippen LogP contribution in [-0.4, -0.2) is 30.6 Å². The van der Waals surface area contributed by atoms with Crippen LogP contribution in [0, 0.1) is 12.3 Å². The highest BCUT2D eigenvalue weighted by atomic mass is 16.5. The van der Waals surface area contributed by atoms with E-state index in [-0.39, 0.29) is 28.4 Å². The predicted molar refractivity (Wildman–Crippen MR) is 138 cm³/mol. The molecule has 3 aromatic rings.